The van der Waals surface area contributed by atoms with Gasteiger partial charge in [0.1, 0.15) is 17.8 Å². The molecular formula is C8H8F2O. The summed E-state index contributed by atoms with van der Waals surface area (Å²) in [6, 6.07) is 0. The zero-order valence-corrected chi connectivity index (χ0v) is 6.05. The molecule has 0 spiro atoms. The molecule has 60 valence electrons. The summed E-state index contributed by atoms with van der Waals surface area (Å²) in [4.78, 5) is 10.7. The molecule has 11 heavy (non-hydrogen) atoms. The quantitative estimate of drug-likeness (QED) is 0.570. The fraction of sp³-hybridized carbons (Fsp3) is 0.375. The van der Waals surface area contributed by atoms with E-state index >= 15 is 0 Å². The van der Waals surface area contributed by atoms with Gasteiger partial charge in [-0.2, -0.15) is 0 Å². The topological polar surface area (TPSA) is 17.1 Å². The molecule has 0 saturated carbocycles. The van der Waals surface area contributed by atoms with Gasteiger partial charge in [0.05, 0.1) is 5.92 Å². The summed E-state index contributed by atoms with van der Waals surface area (Å²) in [7, 11) is 0. The Hall–Kier alpha value is -0.990. The number of halogens is 2. The van der Waals surface area contributed by atoms with Crippen LogP contribution in [0.4, 0.5) is 8.78 Å². The molecule has 1 rings (SSSR count). The first-order valence-electron chi connectivity index (χ1n) is 3.31. The lowest BCUT2D eigenvalue weighted by Crippen LogP contribution is -2.21. The molecule has 0 aromatic heterocycles. The summed E-state index contributed by atoms with van der Waals surface area (Å²) in [5, 5.41) is 0. The Bertz CT molecular complexity index is 230. The molecule has 1 aliphatic rings. The lowest BCUT2D eigenvalue weighted by atomic mass is 9.95. The van der Waals surface area contributed by atoms with Crippen molar-refractivity contribution in [2.24, 2.45) is 5.92 Å². The number of alkyl halides is 1. The molecule has 0 heterocycles. The zero-order valence-electron chi connectivity index (χ0n) is 6.05. The summed E-state index contributed by atoms with van der Waals surface area (Å²) >= 11 is 0. The van der Waals surface area contributed by atoms with Gasteiger partial charge in [-0.3, -0.25) is 4.79 Å². The molecule has 0 aromatic carbocycles. The van der Waals surface area contributed by atoms with E-state index in [2.05, 4.69) is 0 Å². The monoisotopic (exact) mass is 158 g/mol. The van der Waals surface area contributed by atoms with E-state index in [1.807, 2.05) is 0 Å². The third-order valence-electron chi connectivity index (χ3n) is 1.59. The van der Waals surface area contributed by atoms with E-state index in [1.54, 1.807) is 0 Å². The molecule has 1 aliphatic carbocycles. The van der Waals surface area contributed by atoms with Crippen molar-refractivity contribution in [2.75, 3.05) is 0 Å². The van der Waals surface area contributed by atoms with Gasteiger partial charge in [0.15, 0.2) is 0 Å². The number of carbonyl (C=O) groups is 1. The molecule has 0 bridgehead atoms. The number of carbonyl (C=O) groups excluding carboxylic acids is 1. The maximum Gasteiger partial charge on any atom is 0.140 e. The smallest absolute Gasteiger partial charge is 0.140 e. The van der Waals surface area contributed by atoms with E-state index in [1.165, 1.54) is 6.92 Å². The average Bonchev–Trinajstić information content (AvgIpc) is 1.94. The van der Waals surface area contributed by atoms with Gasteiger partial charge in [0.25, 0.3) is 0 Å². The van der Waals surface area contributed by atoms with Crippen LogP contribution < -0.4 is 0 Å². The molecular weight excluding hydrogens is 150 g/mol. The van der Waals surface area contributed by atoms with Crippen LogP contribution >= 0.6 is 0 Å². The van der Waals surface area contributed by atoms with Crippen molar-refractivity contribution in [3.8, 4) is 0 Å². The lowest BCUT2D eigenvalue weighted by molar-refractivity contribution is -0.120. The summed E-state index contributed by atoms with van der Waals surface area (Å²) < 4.78 is 25.2. The van der Waals surface area contributed by atoms with Gasteiger partial charge < -0.3 is 0 Å². The van der Waals surface area contributed by atoms with Gasteiger partial charge in [-0.05, 0) is 25.2 Å². The van der Waals surface area contributed by atoms with Crippen LogP contribution in [0.2, 0.25) is 0 Å². The van der Waals surface area contributed by atoms with Gasteiger partial charge in [-0.15, -0.1) is 0 Å². The van der Waals surface area contributed by atoms with E-state index in [9.17, 15) is 13.6 Å². The van der Waals surface area contributed by atoms with Crippen molar-refractivity contribution < 1.29 is 13.6 Å². The fourth-order valence-corrected chi connectivity index (χ4v) is 0.964. The standard InChI is InChI=1S/C8H8F2O/c1-5(11)7-4-6(9)2-3-8(7)10/h2-4,7-8H,1H3. The van der Waals surface area contributed by atoms with Gasteiger partial charge in [-0.25, -0.2) is 8.78 Å². The second kappa shape index (κ2) is 2.95. The van der Waals surface area contributed by atoms with Crippen LogP contribution in [0.3, 0.4) is 0 Å². The van der Waals surface area contributed by atoms with Gasteiger partial charge in [0.2, 0.25) is 0 Å². The van der Waals surface area contributed by atoms with Gasteiger partial charge in [0, 0.05) is 0 Å². The molecule has 0 amide bonds. The highest BCUT2D eigenvalue weighted by atomic mass is 19.1. The molecule has 0 N–H and O–H groups in total. The summed E-state index contributed by atoms with van der Waals surface area (Å²) in [6.45, 7) is 1.25. The predicted octanol–water partition coefficient (Wildman–Crippen LogP) is 1.95. The number of hydrogen-bond acceptors (Lipinski definition) is 1. The zero-order chi connectivity index (χ0) is 8.43. The second-order valence-corrected chi connectivity index (χ2v) is 2.49. The molecule has 0 radical (unpaired) electrons. The number of Topliss-reactive ketones (excluding diaryl/α,β-unsaturated/α-hetero) is 1. The first-order chi connectivity index (χ1) is 5.11. The Morgan fingerprint density at radius 2 is 2.27 bits per heavy atom. The SMILES string of the molecule is CC(=O)C1C=C(F)C=CC1F. The molecule has 0 saturated heterocycles. The van der Waals surface area contributed by atoms with Crippen LogP contribution in [-0.4, -0.2) is 12.0 Å². The fourth-order valence-electron chi connectivity index (χ4n) is 0.964. The minimum atomic E-state index is -1.37. The second-order valence-electron chi connectivity index (χ2n) is 2.49. The number of hydrogen-bond donors (Lipinski definition) is 0. The molecule has 0 aromatic rings. The molecule has 1 nitrogen and oxygen atoms in total. The van der Waals surface area contributed by atoms with Crippen LogP contribution in [0, 0.1) is 5.92 Å². The van der Waals surface area contributed by atoms with Crippen LogP contribution in [0.5, 0.6) is 0 Å². The Balaban J connectivity index is 2.81. The van der Waals surface area contributed by atoms with E-state index in [4.69, 9.17) is 0 Å². The lowest BCUT2D eigenvalue weighted by Gasteiger charge is -2.14. The Kier molecular flexibility index (Phi) is 2.17. The van der Waals surface area contributed by atoms with Crippen molar-refractivity contribution in [1.82, 2.24) is 0 Å². The Morgan fingerprint density at radius 3 is 2.73 bits per heavy atom. The van der Waals surface area contributed by atoms with Crippen molar-refractivity contribution >= 4 is 5.78 Å². The highest BCUT2D eigenvalue weighted by Crippen LogP contribution is 2.21. The first kappa shape index (κ1) is 8.11. The average molecular weight is 158 g/mol. The van der Waals surface area contributed by atoms with Crippen molar-refractivity contribution in [3.63, 3.8) is 0 Å². The number of ketones is 1. The highest BCUT2D eigenvalue weighted by Gasteiger charge is 2.24. The molecule has 0 aliphatic heterocycles. The van der Waals surface area contributed by atoms with Gasteiger partial charge in [-0.1, -0.05) is 0 Å². The van der Waals surface area contributed by atoms with Gasteiger partial charge >= 0.3 is 0 Å². The largest absolute Gasteiger partial charge is 0.299 e. The third kappa shape index (κ3) is 1.73. The normalized spacial score (nSPS) is 29.9. The van der Waals surface area contributed by atoms with Crippen LogP contribution in [0.1, 0.15) is 6.92 Å². The maximum atomic E-state index is 12.8. The first-order valence-corrected chi connectivity index (χ1v) is 3.31. The van der Waals surface area contributed by atoms with E-state index in [-0.39, 0.29) is 5.78 Å². The summed E-state index contributed by atoms with van der Waals surface area (Å²) in [6.07, 6.45) is 1.73. The minimum absolute atomic E-state index is 0.350. The molecule has 2 atom stereocenters. The summed E-state index contributed by atoms with van der Waals surface area (Å²) in [5.74, 6) is -1.82. The van der Waals surface area contributed by atoms with Crippen molar-refractivity contribution in [3.05, 3.63) is 24.1 Å². The summed E-state index contributed by atoms with van der Waals surface area (Å²) in [5.41, 5.74) is 0. The maximum absolute atomic E-state index is 12.8. The Morgan fingerprint density at radius 1 is 1.64 bits per heavy atom. The van der Waals surface area contributed by atoms with Crippen LogP contribution in [0.25, 0.3) is 0 Å². The molecule has 0 fully saturated rings. The minimum Gasteiger partial charge on any atom is -0.299 e. The van der Waals surface area contributed by atoms with E-state index < -0.39 is 17.9 Å². The van der Waals surface area contributed by atoms with Crippen molar-refractivity contribution in [2.45, 2.75) is 13.1 Å². The van der Waals surface area contributed by atoms with E-state index in [0.29, 0.717) is 0 Å². The Labute approximate surface area is 63.4 Å². The third-order valence-corrected chi connectivity index (χ3v) is 1.59. The molecule has 2 unspecified atom stereocenters. The predicted molar refractivity (Wildman–Crippen MR) is 37.4 cm³/mol. The van der Waals surface area contributed by atoms with Crippen LogP contribution in [0.15, 0.2) is 24.1 Å². The van der Waals surface area contributed by atoms with Crippen LogP contribution in [-0.2, 0) is 4.79 Å². The number of allylic oxidation sites excluding steroid dienone is 4. The van der Waals surface area contributed by atoms with E-state index in [0.717, 1.165) is 18.2 Å². The highest BCUT2D eigenvalue weighted by molar-refractivity contribution is 5.81. The number of rotatable bonds is 1. The van der Waals surface area contributed by atoms with Crippen molar-refractivity contribution in [1.29, 1.82) is 0 Å². The molecule has 3 heteroatoms.